The van der Waals surface area contributed by atoms with Gasteiger partial charge in [-0.05, 0) is 60.6 Å². The predicted molar refractivity (Wildman–Crippen MR) is 146 cm³/mol. The highest BCUT2D eigenvalue weighted by atomic mass is 35.5. The lowest BCUT2D eigenvalue weighted by atomic mass is 9.97. The van der Waals surface area contributed by atoms with Crippen molar-refractivity contribution in [2.45, 2.75) is 38.3 Å². The van der Waals surface area contributed by atoms with Gasteiger partial charge in [0.1, 0.15) is 5.84 Å². The van der Waals surface area contributed by atoms with Gasteiger partial charge < -0.3 is 10.2 Å². The van der Waals surface area contributed by atoms with Crippen molar-refractivity contribution in [1.29, 1.82) is 0 Å². The van der Waals surface area contributed by atoms with Crippen LogP contribution in [0.25, 0.3) is 0 Å². The van der Waals surface area contributed by atoms with Gasteiger partial charge >= 0.3 is 0 Å². The van der Waals surface area contributed by atoms with Gasteiger partial charge in [-0.25, -0.2) is 0 Å². The van der Waals surface area contributed by atoms with E-state index < -0.39 is 0 Å². The number of hydrogen-bond donors (Lipinski definition) is 1. The monoisotopic (exact) mass is 484 g/mol. The molecule has 1 aliphatic carbocycles. The smallest absolute Gasteiger partial charge is 0.128 e. The molecule has 2 aliphatic heterocycles. The summed E-state index contributed by atoms with van der Waals surface area (Å²) in [5.74, 6) is 1.69. The lowest BCUT2D eigenvalue weighted by molar-refractivity contribution is 0.215. The zero-order valence-corrected chi connectivity index (χ0v) is 21.1. The van der Waals surface area contributed by atoms with Crippen molar-refractivity contribution in [2.75, 3.05) is 37.6 Å². The van der Waals surface area contributed by atoms with Crippen LogP contribution in [0.1, 0.15) is 52.6 Å². The molecule has 1 atom stereocenters. The molecule has 180 valence electrons. The van der Waals surface area contributed by atoms with Gasteiger partial charge in [-0.15, -0.1) is 0 Å². The molecular weight excluding hydrogens is 452 g/mol. The summed E-state index contributed by atoms with van der Waals surface area (Å²) >= 11 is 6.43. The molecule has 0 aromatic heterocycles. The molecule has 1 saturated carbocycles. The van der Waals surface area contributed by atoms with Gasteiger partial charge in [-0.2, -0.15) is 0 Å². The van der Waals surface area contributed by atoms with Crippen LogP contribution in [0, 0.1) is 6.92 Å². The number of nitrogens with one attached hydrogen (secondary N) is 1. The molecule has 6 rings (SSSR count). The first kappa shape index (κ1) is 22.6. The first-order chi connectivity index (χ1) is 17.1. The van der Waals surface area contributed by atoms with Crippen molar-refractivity contribution in [2.24, 2.45) is 4.99 Å². The fourth-order valence-corrected chi connectivity index (χ4v) is 5.65. The van der Waals surface area contributed by atoms with Gasteiger partial charge in [0.25, 0.3) is 0 Å². The Morgan fingerprint density at radius 3 is 2.49 bits per heavy atom. The van der Waals surface area contributed by atoms with Crippen LogP contribution in [-0.2, 0) is 6.54 Å². The molecule has 35 heavy (non-hydrogen) atoms. The second-order valence-electron chi connectivity index (χ2n) is 10.2. The number of aryl methyl sites for hydroxylation is 1. The van der Waals surface area contributed by atoms with Gasteiger partial charge in [0.05, 0.1) is 12.6 Å². The summed E-state index contributed by atoms with van der Waals surface area (Å²) < 4.78 is 0. The molecule has 3 aromatic rings. The Hall–Kier alpha value is -2.82. The SMILES string of the molecule is Cc1ccc([C@@H]2CN(Cc3ccc(C4=NCCN4)cc3)CCN2c2ccc(Cl)cc2C2CC2)cc1. The van der Waals surface area contributed by atoms with Crippen molar-refractivity contribution in [3.05, 3.63) is 99.6 Å². The molecule has 0 radical (unpaired) electrons. The maximum Gasteiger partial charge on any atom is 0.128 e. The Morgan fingerprint density at radius 2 is 1.77 bits per heavy atom. The van der Waals surface area contributed by atoms with E-state index in [0.717, 1.165) is 50.1 Å². The third-order valence-electron chi connectivity index (χ3n) is 7.55. The fourth-order valence-electron chi connectivity index (χ4n) is 5.47. The standard InChI is InChI=1S/C30H33ClN4/c1-21-2-6-24(7-3-21)29-20-34(19-22-4-8-25(9-5-22)30-32-14-15-33-30)16-17-35(29)28-13-12-26(31)18-27(28)23-10-11-23/h2-9,12-13,18,23,29H,10-11,14-17,19-20H2,1H3,(H,32,33)/t29-/m0/s1. The number of aliphatic imine (C=N–C) groups is 1. The first-order valence-corrected chi connectivity index (χ1v) is 13.2. The number of hydrogen-bond acceptors (Lipinski definition) is 4. The van der Waals surface area contributed by atoms with Crippen molar-refractivity contribution in [3.8, 4) is 0 Å². The molecule has 5 heteroatoms. The van der Waals surface area contributed by atoms with E-state index in [0.29, 0.717) is 12.0 Å². The van der Waals surface area contributed by atoms with Gasteiger partial charge in [-0.3, -0.25) is 9.89 Å². The van der Waals surface area contributed by atoms with Crippen LogP contribution in [0.15, 0.2) is 71.7 Å². The Labute approximate surface area is 213 Å². The third-order valence-corrected chi connectivity index (χ3v) is 7.79. The molecule has 2 fully saturated rings. The van der Waals surface area contributed by atoms with Crippen LogP contribution < -0.4 is 10.2 Å². The molecule has 3 aromatic carbocycles. The highest BCUT2D eigenvalue weighted by Crippen LogP contribution is 2.47. The average Bonchev–Trinajstić information content (AvgIpc) is 3.59. The molecule has 0 amide bonds. The molecule has 0 bridgehead atoms. The summed E-state index contributed by atoms with van der Waals surface area (Å²) in [6.45, 7) is 8.01. The zero-order valence-electron chi connectivity index (χ0n) is 20.4. The maximum atomic E-state index is 6.43. The van der Waals surface area contributed by atoms with E-state index in [9.17, 15) is 0 Å². The second kappa shape index (κ2) is 9.67. The van der Waals surface area contributed by atoms with Gasteiger partial charge in [0.15, 0.2) is 0 Å². The number of rotatable bonds is 6. The highest BCUT2D eigenvalue weighted by molar-refractivity contribution is 6.30. The summed E-state index contributed by atoms with van der Waals surface area (Å²) in [6.07, 6.45) is 2.56. The third kappa shape index (κ3) is 4.96. The topological polar surface area (TPSA) is 30.9 Å². The Kier molecular flexibility index (Phi) is 6.26. The van der Waals surface area contributed by atoms with E-state index in [2.05, 4.69) is 93.8 Å². The van der Waals surface area contributed by atoms with Crippen LogP contribution in [0.2, 0.25) is 5.02 Å². The van der Waals surface area contributed by atoms with E-state index in [1.807, 2.05) is 0 Å². The van der Waals surface area contributed by atoms with E-state index >= 15 is 0 Å². The average molecular weight is 485 g/mol. The quantitative estimate of drug-likeness (QED) is 0.469. The molecule has 4 nitrogen and oxygen atoms in total. The largest absolute Gasteiger partial charge is 0.368 e. The van der Waals surface area contributed by atoms with Crippen molar-refractivity contribution in [1.82, 2.24) is 10.2 Å². The number of amidine groups is 1. The fraction of sp³-hybridized carbons (Fsp3) is 0.367. The van der Waals surface area contributed by atoms with Crippen LogP contribution >= 0.6 is 11.6 Å². The van der Waals surface area contributed by atoms with Crippen LogP contribution in [0.5, 0.6) is 0 Å². The normalized spacial score (nSPS) is 20.6. The van der Waals surface area contributed by atoms with Crippen molar-refractivity contribution in [3.63, 3.8) is 0 Å². The molecule has 1 saturated heterocycles. The van der Waals surface area contributed by atoms with Crippen molar-refractivity contribution >= 4 is 23.1 Å². The molecule has 2 heterocycles. The zero-order chi connectivity index (χ0) is 23.8. The minimum absolute atomic E-state index is 0.319. The Morgan fingerprint density at radius 1 is 0.971 bits per heavy atom. The second-order valence-corrected chi connectivity index (χ2v) is 10.6. The van der Waals surface area contributed by atoms with Crippen LogP contribution in [-0.4, -0.2) is 43.5 Å². The number of nitrogens with zero attached hydrogens (tertiary/aromatic N) is 3. The number of halogens is 1. The van der Waals surface area contributed by atoms with E-state index in [-0.39, 0.29) is 0 Å². The minimum atomic E-state index is 0.319. The summed E-state index contributed by atoms with van der Waals surface area (Å²) in [6, 6.07) is 24.9. The van der Waals surface area contributed by atoms with E-state index in [4.69, 9.17) is 11.6 Å². The lowest BCUT2D eigenvalue weighted by Crippen LogP contribution is -2.48. The summed E-state index contributed by atoms with van der Waals surface area (Å²) in [7, 11) is 0. The summed E-state index contributed by atoms with van der Waals surface area (Å²) in [5.41, 5.74) is 8.04. The lowest BCUT2D eigenvalue weighted by Gasteiger charge is -2.44. The van der Waals surface area contributed by atoms with Gasteiger partial charge in [-0.1, -0.05) is 65.7 Å². The van der Waals surface area contributed by atoms with E-state index in [1.165, 1.54) is 46.3 Å². The number of benzene rings is 3. The number of piperazine rings is 1. The van der Waals surface area contributed by atoms with Crippen molar-refractivity contribution < 1.29 is 0 Å². The summed E-state index contributed by atoms with van der Waals surface area (Å²) in [4.78, 5) is 9.79. The minimum Gasteiger partial charge on any atom is -0.368 e. The molecular formula is C30H33ClN4. The maximum absolute atomic E-state index is 6.43. The molecule has 1 N–H and O–H groups in total. The van der Waals surface area contributed by atoms with E-state index in [1.54, 1.807) is 0 Å². The van der Waals surface area contributed by atoms with Crippen LogP contribution in [0.3, 0.4) is 0 Å². The number of anilines is 1. The Balaban J connectivity index is 1.25. The van der Waals surface area contributed by atoms with Gasteiger partial charge in [0, 0.05) is 49.0 Å². The Bertz CT molecular complexity index is 1210. The molecule has 0 spiro atoms. The van der Waals surface area contributed by atoms with Crippen LogP contribution in [0.4, 0.5) is 5.69 Å². The molecule has 3 aliphatic rings. The highest BCUT2D eigenvalue weighted by Gasteiger charge is 2.33. The predicted octanol–water partition coefficient (Wildman–Crippen LogP) is 5.94. The first-order valence-electron chi connectivity index (χ1n) is 12.9. The van der Waals surface area contributed by atoms with Gasteiger partial charge in [0.2, 0.25) is 0 Å². The summed E-state index contributed by atoms with van der Waals surface area (Å²) in [5, 5.41) is 4.22. The molecule has 0 unspecified atom stereocenters.